The fourth-order valence-electron chi connectivity index (χ4n) is 2.98. The van der Waals surface area contributed by atoms with Crippen molar-refractivity contribution in [1.82, 2.24) is 0 Å². The fraction of sp³-hybridized carbons (Fsp3) is 0.562. The van der Waals surface area contributed by atoms with Gasteiger partial charge in [-0.3, -0.25) is 0 Å². The molecule has 1 aromatic rings. The molecule has 1 saturated carbocycles. The zero-order valence-electron chi connectivity index (χ0n) is 12.3. The van der Waals surface area contributed by atoms with Crippen LogP contribution in [0.4, 0.5) is 10.1 Å². The van der Waals surface area contributed by atoms with E-state index in [9.17, 15) is 9.18 Å². The van der Waals surface area contributed by atoms with E-state index >= 15 is 0 Å². The first kappa shape index (κ1) is 14.8. The van der Waals surface area contributed by atoms with Crippen LogP contribution in [0.15, 0.2) is 18.2 Å². The van der Waals surface area contributed by atoms with Gasteiger partial charge in [0.15, 0.2) is 0 Å². The molecule has 0 spiro atoms. The molecule has 0 aliphatic heterocycles. The van der Waals surface area contributed by atoms with Gasteiger partial charge in [0, 0.05) is 11.7 Å². The second kappa shape index (κ2) is 6.25. The third-order valence-corrected chi connectivity index (χ3v) is 4.16. The Balaban J connectivity index is 2.12. The molecule has 1 aliphatic rings. The number of carbonyl (C=O) groups is 1. The summed E-state index contributed by atoms with van der Waals surface area (Å²) in [6, 6.07) is 4.89. The molecule has 3 unspecified atom stereocenters. The SMILES string of the molecule is COC(=O)c1cc(NC2CCC(C)CC2C)ccc1F. The largest absolute Gasteiger partial charge is 0.465 e. The first-order valence-corrected chi connectivity index (χ1v) is 7.15. The second-order valence-electron chi connectivity index (χ2n) is 5.83. The zero-order chi connectivity index (χ0) is 14.7. The number of halogens is 1. The molecule has 4 heteroatoms. The van der Waals surface area contributed by atoms with Gasteiger partial charge in [-0.25, -0.2) is 9.18 Å². The van der Waals surface area contributed by atoms with Gasteiger partial charge in [-0.2, -0.15) is 0 Å². The highest BCUT2D eigenvalue weighted by Gasteiger charge is 2.25. The first-order chi connectivity index (χ1) is 9.51. The predicted molar refractivity (Wildman–Crippen MR) is 77.3 cm³/mol. The van der Waals surface area contributed by atoms with Gasteiger partial charge in [0.2, 0.25) is 0 Å². The number of benzene rings is 1. The Bertz CT molecular complexity index is 489. The summed E-state index contributed by atoms with van der Waals surface area (Å²) < 4.78 is 18.2. The van der Waals surface area contributed by atoms with Crippen LogP contribution in [0.5, 0.6) is 0 Å². The smallest absolute Gasteiger partial charge is 0.340 e. The summed E-state index contributed by atoms with van der Waals surface area (Å²) in [7, 11) is 1.26. The molecule has 1 aliphatic carbocycles. The molecule has 110 valence electrons. The van der Waals surface area contributed by atoms with Gasteiger partial charge in [0.25, 0.3) is 0 Å². The average Bonchev–Trinajstić information content (AvgIpc) is 2.43. The Morgan fingerprint density at radius 2 is 2.10 bits per heavy atom. The Hall–Kier alpha value is -1.58. The third kappa shape index (κ3) is 3.30. The maximum Gasteiger partial charge on any atom is 0.340 e. The van der Waals surface area contributed by atoms with Crippen molar-refractivity contribution in [2.24, 2.45) is 11.8 Å². The van der Waals surface area contributed by atoms with Crippen molar-refractivity contribution in [2.75, 3.05) is 12.4 Å². The number of carbonyl (C=O) groups excluding carboxylic acids is 1. The predicted octanol–water partition coefficient (Wildman–Crippen LogP) is 3.85. The molecular formula is C16H22FNO2. The summed E-state index contributed by atoms with van der Waals surface area (Å²) >= 11 is 0. The lowest BCUT2D eigenvalue weighted by Gasteiger charge is -2.33. The van der Waals surface area contributed by atoms with Gasteiger partial charge in [0.05, 0.1) is 12.7 Å². The van der Waals surface area contributed by atoms with Gasteiger partial charge in [-0.05, 0) is 49.3 Å². The Labute approximate surface area is 119 Å². The van der Waals surface area contributed by atoms with E-state index in [2.05, 4.69) is 23.9 Å². The molecule has 1 fully saturated rings. The van der Waals surface area contributed by atoms with E-state index in [1.807, 2.05) is 0 Å². The van der Waals surface area contributed by atoms with Crippen LogP contribution in [0.1, 0.15) is 43.5 Å². The first-order valence-electron chi connectivity index (χ1n) is 7.15. The number of nitrogens with one attached hydrogen (secondary N) is 1. The molecule has 0 heterocycles. The number of esters is 1. The molecule has 3 atom stereocenters. The average molecular weight is 279 g/mol. The number of hydrogen-bond acceptors (Lipinski definition) is 3. The maximum atomic E-state index is 13.6. The highest BCUT2D eigenvalue weighted by atomic mass is 19.1. The van der Waals surface area contributed by atoms with Gasteiger partial charge < -0.3 is 10.1 Å². The fourth-order valence-corrected chi connectivity index (χ4v) is 2.98. The van der Waals surface area contributed by atoms with Crippen LogP contribution in [-0.4, -0.2) is 19.1 Å². The number of anilines is 1. The van der Waals surface area contributed by atoms with E-state index in [0.717, 1.165) is 18.0 Å². The van der Waals surface area contributed by atoms with E-state index in [0.29, 0.717) is 12.0 Å². The summed E-state index contributed by atoms with van der Waals surface area (Å²) in [4.78, 5) is 11.5. The van der Waals surface area contributed by atoms with Crippen molar-refractivity contribution < 1.29 is 13.9 Å². The van der Waals surface area contributed by atoms with E-state index in [4.69, 9.17) is 0 Å². The van der Waals surface area contributed by atoms with Crippen molar-refractivity contribution in [2.45, 2.75) is 39.2 Å². The van der Waals surface area contributed by atoms with Crippen molar-refractivity contribution in [3.8, 4) is 0 Å². The van der Waals surface area contributed by atoms with Gasteiger partial charge in [-0.15, -0.1) is 0 Å². The summed E-state index contributed by atoms with van der Waals surface area (Å²) in [6.07, 6.45) is 3.50. The molecule has 20 heavy (non-hydrogen) atoms. The Morgan fingerprint density at radius 3 is 2.75 bits per heavy atom. The summed E-state index contributed by atoms with van der Waals surface area (Å²) in [5, 5.41) is 3.42. The number of methoxy groups -OCH3 is 1. The van der Waals surface area contributed by atoms with Crippen LogP contribution in [0.25, 0.3) is 0 Å². The summed E-state index contributed by atoms with van der Waals surface area (Å²) in [5.74, 6) is 0.149. The van der Waals surface area contributed by atoms with Crippen LogP contribution >= 0.6 is 0 Å². The minimum absolute atomic E-state index is 0.0191. The normalized spacial score (nSPS) is 26.1. The highest BCUT2D eigenvalue weighted by molar-refractivity contribution is 5.90. The minimum atomic E-state index is -0.642. The number of ether oxygens (including phenoxy) is 1. The molecular weight excluding hydrogens is 257 g/mol. The van der Waals surface area contributed by atoms with E-state index in [-0.39, 0.29) is 5.56 Å². The van der Waals surface area contributed by atoms with Gasteiger partial charge in [-0.1, -0.05) is 13.8 Å². The summed E-state index contributed by atoms with van der Waals surface area (Å²) in [5.41, 5.74) is 0.757. The molecule has 0 amide bonds. The van der Waals surface area contributed by atoms with E-state index in [1.54, 1.807) is 6.07 Å². The third-order valence-electron chi connectivity index (χ3n) is 4.16. The molecule has 0 bridgehead atoms. The lowest BCUT2D eigenvalue weighted by atomic mass is 9.80. The van der Waals surface area contributed by atoms with Crippen LogP contribution < -0.4 is 5.32 Å². The molecule has 0 radical (unpaired) electrons. The standard InChI is InChI=1S/C16H22FNO2/c1-10-4-7-15(11(2)8-10)18-12-5-6-14(17)13(9-12)16(19)20-3/h5-6,9-11,15,18H,4,7-8H2,1-3H3. The van der Waals surface area contributed by atoms with Gasteiger partial charge in [0.1, 0.15) is 5.82 Å². The zero-order valence-corrected chi connectivity index (χ0v) is 12.3. The monoisotopic (exact) mass is 279 g/mol. The molecule has 1 N–H and O–H groups in total. The lowest BCUT2D eigenvalue weighted by molar-refractivity contribution is 0.0595. The maximum absolute atomic E-state index is 13.6. The van der Waals surface area contributed by atoms with Crippen molar-refractivity contribution in [3.05, 3.63) is 29.6 Å². The van der Waals surface area contributed by atoms with Crippen LogP contribution in [0.2, 0.25) is 0 Å². The molecule has 0 aromatic heterocycles. The Kier molecular flexibility index (Phi) is 4.63. The number of hydrogen-bond donors (Lipinski definition) is 1. The highest BCUT2D eigenvalue weighted by Crippen LogP contribution is 2.31. The van der Waals surface area contributed by atoms with Gasteiger partial charge >= 0.3 is 5.97 Å². The summed E-state index contributed by atoms with van der Waals surface area (Å²) in [6.45, 7) is 4.51. The van der Waals surface area contributed by atoms with Crippen LogP contribution in [0.3, 0.4) is 0 Å². The molecule has 0 saturated heterocycles. The molecule has 1 aromatic carbocycles. The van der Waals surface area contributed by atoms with E-state index < -0.39 is 11.8 Å². The minimum Gasteiger partial charge on any atom is -0.465 e. The van der Waals surface area contributed by atoms with Crippen LogP contribution in [0, 0.1) is 17.7 Å². The second-order valence-corrected chi connectivity index (χ2v) is 5.83. The van der Waals surface area contributed by atoms with Crippen LogP contribution in [-0.2, 0) is 4.74 Å². The van der Waals surface area contributed by atoms with Crippen molar-refractivity contribution in [3.63, 3.8) is 0 Å². The van der Waals surface area contributed by atoms with E-state index in [1.165, 1.54) is 32.1 Å². The quantitative estimate of drug-likeness (QED) is 0.854. The Morgan fingerprint density at radius 1 is 1.35 bits per heavy atom. The lowest BCUT2D eigenvalue weighted by Crippen LogP contribution is -2.33. The van der Waals surface area contributed by atoms with Crippen molar-refractivity contribution in [1.29, 1.82) is 0 Å². The van der Waals surface area contributed by atoms with Crippen molar-refractivity contribution >= 4 is 11.7 Å². The number of rotatable bonds is 3. The molecule has 3 nitrogen and oxygen atoms in total. The topological polar surface area (TPSA) is 38.3 Å². The molecule has 2 rings (SSSR count).